The van der Waals surface area contributed by atoms with Gasteiger partial charge < -0.3 is 0 Å². The van der Waals surface area contributed by atoms with E-state index in [0.717, 1.165) is 22.3 Å². The SMILES string of the molecule is [2H]c1c([2H])c(-c2c([2H])c([2H])c(-c3c([2H])c([2H])c4c5c([2H])c([2H])c([2H])c([2H])c5c5c([2H])c([2H])c([2H])c([2H])c5c4c3[2H])c([2H])c2[2H])c([2H])c([2H])c1-c1nc(-c2ccccc2)nc(-c2cccc3c2-c2ccccc2C3(C)C)n1. The molecule has 0 unspecified atom stereocenters. The summed E-state index contributed by atoms with van der Waals surface area (Å²) >= 11 is 0. The van der Waals surface area contributed by atoms with Gasteiger partial charge >= 0.3 is 0 Å². The van der Waals surface area contributed by atoms with Gasteiger partial charge in [-0.25, -0.2) is 15.0 Å². The van der Waals surface area contributed by atoms with Crippen molar-refractivity contribution in [3.63, 3.8) is 0 Å². The van der Waals surface area contributed by atoms with Crippen LogP contribution in [-0.4, -0.2) is 15.0 Å². The number of aromatic nitrogens is 3. The maximum Gasteiger partial charge on any atom is 0.164 e. The topological polar surface area (TPSA) is 38.7 Å². The molecule has 0 N–H and O–H groups in total. The van der Waals surface area contributed by atoms with E-state index in [-0.39, 0.29) is 33.8 Å². The molecule has 0 atom stereocenters. The van der Waals surface area contributed by atoms with Crippen LogP contribution < -0.4 is 0 Å². The highest BCUT2D eigenvalue weighted by Gasteiger charge is 2.37. The molecule has 3 nitrogen and oxygen atoms in total. The molecule has 1 aliphatic carbocycles. The first-order valence-corrected chi connectivity index (χ1v) is 18.1. The standard InChI is InChI=1S/C54H37N3/c1-54(2)48-21-11-10-19-45(48)50-46(20-12-22-49(50)54)53-56-51(37-13-4-3-5-14-37)55-52(57-53)38-29-27-35(28-30-38)34-23-25-36(26-24-34)39-31-32-44-42-17-7-6-15-40(42)41-16-8-9-18-43(41)47(44)33-39/h3-33H,1-2H3/i6D,7D,8D,9D,15D,16D,17D,18D,23D,24D,25D,26D,27D,28D,29D,30D,31D,32D,33D. The largest absolute Gasteiger partial charge is 0.208 e. The first-order valence-electron chi connectivity index (χ1n) is 27.6. The predicted molar refractivity (Wildman–Crippen MR) is 237 cm³/mol. The van der Waals surface area contributed by atoms with Crippen LogP contribution in [0.1, 0.15) is 51.0 Å². The average molecular weight is 747 g/mol. The fraction of sp³-hybridized carbons (Fsp3) is 0.0556. The van der Waals surface area contributed by atoms with Gasteiger partial charge in [0.05, 0.1) is 26.0 Å². The minimum atomic E-state index is -0.929. The third-order valence-corrected chi connectivity index (χ3v) is 10.4. The molecule has 1 aromatic heterocycles. The van der Waals surface area contributed by atoms with E-state index < -0.39 is 164 Å². The summed E-state index contributed by atoms with van der Waals surface area (Å²) in [5.74, 6) is 0.125. The lowest BCUT2D eigenvalue weighted by Crippen LogP contribution is -2.14. The molecule has 0 spiro atoms. The van der Waals surface area contributed by atoms with Crippen molar-refractivity contribution in [1.82, 2.24) is 15.0 Å². The molecule has 3 heteroatoms. The molecule has 0 radical (unpaired) electrons. The zero-order valence-corrected chi connectivity index (χ0v) is 30.3. The van der Waals surface area contributed by atoms with Crippen LogP contribution in [-0.2, 0) is 5.41 Å². The lowest BCUT2D eigenvalue weighted by Gasteiger charge is -2.21. The second-order valence-electron chi connectivity index (χ2n) is 14.1. The van der Waals surface area contributed by atoms with E-state index in [4.69, 9.17) is 25.9 Å². The zero-order valence-electron chi connectivity index (χ0n) is 49.3. The quantitative estimate of drug-likeness (QED) is 0.165. The second-order valence-corrected chi connectivity index (χ2v) is 14.1. The first kappa shape index (κ1) is 19.1. The van der Waals surface area contributed by atoms with E-state index in [1.807, 2.05) is 42.5 Å². The smallest absolute Gasteiger partial charge is 0.164 e. The van der Waals surface area contributed by atoms with Crippen LogP contribution in [0.3, 0.4) is 0 Å². The third kappa shape index (κ3) is 5.38. The van der Waals surface area contributed by atoms with Crippen LogP contribution in [0, 0.1) is 0 Å². The molecule has 0 aliphatic heterocycles. The maximum absolute atomic E-state index is 9.63. The maximum atomic E-state index is 9.63. The normalized spacial score (nSPS) is 17.5. The van der Waals surface area contributed by atoms with E-state index in [0.29, 0.717) is 11.1 Å². The Labute approximate surface area is 358 Å². The van der Waals surface area contributed by atoms with Crippen molar-refractivity contribution in [2.75, 3.05) is 0 Å². The van der Waals surface area contributed by atoms with E-state index in [1.165, 1.54) is 0 Å². The Morgan fingerprint density at radius 2 is 0.825 bits per heavy atom. The van der Waals surface area contributed by atoms with Gasteiger partial charge in [-0.05, 0) is 82.9 Å². The van der Waals surface area contributed by atoms with Crippen molar-refractivity contribution < 1.29 is 26.0 Å². The van der Waals surface area contributed by atoms with E-state index in [1.54, 1.807) is 24.3 Å². The highest BCUT2D eigenvalue weighted by molar-refractivity contribution is 6.25. The summed E-state index contributed by atoms with van der Waals surface area (Å²) in [5.41, 5.74) is 1.70. The van der Waals surface area contributed by atoms with Gasteiger partial charge in [0, 0.05) is 22.1 Å². The van der Waals surface area contributed by atoms with Crippen molar-refractivity contribution >= 4 is 32.3 Å². The van der Waals surface area contributed by atoms with Crippen LogP contribution >= 0.6 is 0 Å². The van der Waals surface area contributed by atoms with Crippen molar-refractivity contribution in [3.05, 3.63) is 199 Å². The molecule has 57 heavy (non-hydrogen) atoms. The summed E-state index contributed by atoms with van der Waals surface area (Å²) in [4.78, 5) is 14.4. The highest BCUT2D eigenvalue weighted by atomic mass is 15.0. The molecular formula is C54H37N3. The Morgan fingerprint density at radius 3 is 1.47 bits per heavy atom. The van der Waals surface area contributed by atoms with E-state index >= 15 is 0 Å². The van der Waals surface area contributed by atoms with Crippen LogP contribution in [0.2, 0.25) is 0 Å². The molecule has 0 amide bonds. The van der Waals surface area contributed by atoms with Crippen molar-refractivity contribution in [1.29, 1.82) is 0 Å². The lowest BCUT2D eigenvalue weighted by molar-refractivity contribution is 0.660. The molecule has 0 bridgehead atoms. The van der Waals surface area contributed by atoms with Crippen LogP contribution in [0.15, 0.2) is 188 Å². The van der Waals surface area contributed by atoms with Gasteiger partial charge in [0.1, 0.15) is 0 Å². The Hall–Kier alpha value is -7.23. The molecule has 10 aromatic rings. The van der Waals surface area contributed by atoms with Crippen molar-refractivity contribution in [2.45, 2.75) is 19.3 Å². The molecule has 268 valence electrons. The zero-order chi connectivity index (χ0) is 54.6. The van der Waals surface area contributed by atoms with E-state index in [9.17, 15) is 15.1 Å². The predicted octanol–water partition coefficient (Wildman–Crippen LogP) is 14.0. The molecule has 0 saturated heterocycles. The molecular weight excluding hydrogens is 691 g/mol. The Balaban J connectivity index is 1.14. The number of rotatable bonds is 5. The molecule has 1 aliphatic rings. The monoisotopic (exact) mass is 746 g/mol. The summed E-state index contributed by atoms with van der Waals surface area (Å²) < 4.78 is 173. The van der Waals surface area contributed by atoms with Gasteiger partial charge in [-0.2, -0.15) is 0 Å². The Morgan fingerprint density at radius 1 is 0.368 bits per heavy atom. The number of hydrogen-bond acceptors (Lipinski definition) is 3. The number of fused-ring (bicyclic) bond motifs is 9. The first-order chi connectivity index (χ1) is 35.9. The molecule has 9 aromatic carbocycles. The Kier molecular flexibility index (Phi) is 4.33. The summed E-state index contributed by atoms with van der Waals surface area (Å²) in [7, 11) is 0. The fourth-order valence-corrected chi connectivity index (χ4v) is 7.66. The highest BCUT2D eigenvalue weighted by Crippen LogP contribution is 2.51. The summed E-state index contributed by atoms with van der Waals surface area (Å²) in [6.45, 7) is 4.24. The summed E-state index contributed by atoms with van der Waals surface area (Å²) in [6.07, 6.45) is 0. The van der Waals surface area contributed by atoms with Crippen LogP contribution in [0.25, 0.3) is 99.9 Å². The van der Waals surface area contributed by atoms with E-state index in [2.05, 4.69) is 19.9 Å². The van der Waals surface area contributed by atoms with Gasteiger partial charge in [-0.3, -0.25) is 0 Å². The number of hydrogen-bond donors (Lipinski definition) is 0. The van der Waals surface area contributed by atoms with Gasteiger partial charge in [0.15, 0.2) is 17.5 Å². The Bertz CT molecular complexity index is 4210. The lowest BCUT2D eigenvalue weighted by atomic mass is 9.82. The van der Waals surface area contributed by atoms with Crippen molar-refractivity contribution in [3.8, 4) is 67.5 Å². The van der Waals surface area contributed by atoms with Crippen molar-refractivity contribution in [2.24, 2.45) is 0 Å². The molecule has 0 saturated carbocycles. The average Bonchev–Trinajstić information content (AvgIpc) is 3.76. The minimum absolute atomic E-state index is 0.165. The van der Waals surface area contributed by atoms with Gasteiger partial charge in [-0.1, -0.05) is 195 Å². The number of benzene rings is 9. The van der Waals surface area contributed by atoms with Crippen LogP contribution in [0.4, 0.5) is 0 Å². The second kappa shape index (κ2) is 12.9. The molecule has 11 rings (SSSR count). The van der Waals surface area contributed by atoms with Gasteiger partial charge in [0.2, 0.25) is 0 Å². The third-order valence-electron chi connectivity index (χ3n) is 10.4. The number of nitrogens with zero attached hydrogens (tertiary/aromatic N) is 3. The minimum Gasteiger partial charge on any atom is -0.208 e. The summed E-state index contributed by atoms with van der Waals surface area (Å²) in [6, 6.07) is 7.61. The summed E-state index contributed by atoms with van der Waals surface area (Å²) in [5, 5.41) is -2.59. The van der Waals surface area contributed by atoms with Crippen LogP contribution in [0.5, 0.6) is 0 Å². The fourth-order valence-electron chi connectivity index (χ4n) is 7.66. The molecule has 0 fully saturated rings. The van der Waals surface area contributed by atoms with Gasteiger partial charge in [0.25, 0.3) is 0 Å². The van der Waals surface area contributed by atoms with Gasteiger partial charge in [-0.15, -0.1) is 0 Å². The molecule has 1 heterocycles.